The summed E-state index contributed by atoms with van der Waals surface area (Å²) >= 11 is 0. The second-order valence-electron chi connectivity index (χ2n) is 4.69. The van der Waals surface area contributed by atoms with Gasteiger partial charge in [0.1, 0.15) is 0 Å². The quantitative estimate of drug-likeness (QED) is 0.822. The zero-order chi connectivity index (χ0) is 16.2. The van der Waals surface area contributed by atoms with Crippen LogP contribution in [0.15, 0.2) is 18.2 Å². The van der Waals surface area contributed by atoms with Crippen molar-refractivity contribution in [3.05, 3.63) is 23.8 Å². The van der Waals surface area contributed by atoms with Crippen LogP contribution in [0.3, 0.4) is 0 Å². The molecule has 0 heterocycles. The predicted octanol–water partition coefficient (Wildman–Crippen LogP) is 2.96. The van der Waals surface area contributed by atoms with Crippen LogP contribution in [-0.2, 0) is 11.0 Å². The Morgan fingerprint density at radius 2 is 1.90 bits per heavy atom. The van der Waals surface area contributed by atoms with Crippen molar-refractivity contribution < 1.29 is 18.0 Å². The number of nitrogen functional groups attached to an aromatic ring is 1. The number of nitrogens with one attached hydrogen (secondary N) is 1. The lowest BCUT2D eigenvalue weighted by Crippen LogP contribution is -2.41. The van der Waals surface area contributed by atoms with Gasteiger partial charge in [-0.05, 0) is 38.2 Å². The van der Waals surface area contributed by atoms with Crippen molar-refractivity contribution in [2.75, 3.05) is 24.1 Å². The summed E-state index contributed by atoms with van der Waals surface area (Å²) in [4.78, 5) is 14.0. The number of hydrogen-bond acceptors (Lipinski definition) is 3. The molecule has 3 N–H and O–H groups in total. The SMILES string of the molecule is CCN(CC)C(C)C(=O)Nc1ccc(N)c(C(F)(F)F)c1. The molecule has 0 spiro atoms. The van der Waals surface area contributed by atoms with E-state index in [1.165, 1.54) is 6.07 Å². The van der Waals surface area contributed by atoms with Crippen molar-refractivity contribution >= 4 is 17.3 Å². The number of carbonyl (C=O) groups excluding carboxylic acids is 1. The highest BCUT2D eigenvalue weighted by atomic mass is 19.4. The summed E-state index contributed by atoms with van der Waals surface area (Å²) in [5.41, 5.74) is 4.09. The number of hydrogen-bond donors (Lipinski definition) is 2. The zero-order valence-corrected chi connectivity index (χ0v) is 12.3. The molecular formula is C14H20F3N3O. The van der Waals surface area contributed by atoms with Crippen molar-refractivity contribution in [3.63, 3.8) is 0 Å². The van der Waals surface area contributed by atoms with Gasteiger partial charge in [-0.2, -0.15) is 13.2 Å². The van der Waals surface area contributed by atoms with E-state index in [1.807, 2.05) is 18.7 Å². The lowest BCUT2D eigenvalue weighted by Gasteiger charge is -2.25. The molecule has 118 valence electrons. The number of likely N-dealkylation sites (N-methyl/N-ethyl adjacent to an activating group) is 1. The Morgan fingerprint density at radius 1 is 1.33 bits per heavy atom. The Bertz CT molecular complexity index is 499. The van der Waals surface area contributed by atoms with Crippen LogP contribution >= 0.6 is 0 Å². The third-order valence-corrected chi connectivity index (χ3v) is 3.37. The largest absolute Gasteiger partial charge is 0.418 e. The highest BCUT2D eigenvalue weighted by Gasteiger charge is 2.33. The van der Waals surface area contributed by atoms with Crippen molar-refractivity contribution in [2.24, 2.45) is 0 Å². The monoisotopic (exact) mass is 303 g/mol. The second-order valence-corrected chi connectivity index (χ2v) is 4.69. The molecular weight excluding hydrogens is 283 g/mol. The number of alkyl halides is 3. The number of nitrogens with zero attached hydrogens (tertiary/aromatic N) is 1. The van der Waals surface area contributed by atoms with Gasteiger partial charge >= 0.3 is 6.18 Å². The molecule has 1 amide bonds. The van der Waals surface area contributed by atoms with Crippen LogP contribution in [0.2, 0.25) is 0 Å². The standard InChI is InChI=1S/C14H20F3N3O/c1-4-20(5-2)9(3)13(21)19-10-6-7-12(18)11(8-10)14(15,16)17/h6-9H,4-5,18H2,1-3H3,(H,19,21). The van der Waals surface area contributed by atoms with Gasteiger partial charge in [0.2, 0.25) is 5.91 Å². The molecule has 0 saturated heterocycles. The number of carbonyl (C=O) groups is 1. The molecule has 7 heteroatoms. The molecule has 0 aromatic heterocycles. The Morgan fingerprint density at radius 3 is 2.38 bits per heavy atom. The van der Waals surface area contributed by atoms with Crippen LogP contribution in [0.25, 0.3) is 0 Å². The van der Waals surface area contributed by atoms with Crippen molar-refractivity contribution in [3.8, 4) is 0 Å². The first kappa shape index (κ1) is 17.3. The third-order valence-electron chi connectivity index (χ3n) is 3.37. The number of halogens is 3. The third kappa shape index (κ3) is 4.35. The fourth-order valence-corrected chi connectivity index (χ4v) is 2.06. The molecule has 0 saturated carbocycles. The number of benzene rings is 1. The molecule has 1 aromatic carbocycles. The van der Waals surface area contributed by atoms with Gasteiger partial charge in [0.05, 0.1) is 11.6 Å². The zero-order valence-electron chi connectivity index (χ0n) is 12.3. The fourth-order valence-electron chi connectivity index (χ4n) is 2.06. The van der Waals surface area contributed by atoms with Crippen LogP contribution in [0.1, 0.15) is 26.3 Å². The highest BCUT2D eigenvalue weighted by Crippen LogP contribution is 2.35. The molecule has 1 rings (SSSR count). The molecule has 21 heavy (non-hydrogen) atoms. The first-order valence-electron chi connectivity index (χ1n) is 6.72. The number of rotatable bonds is 5. The minimum absolute atomic E-state index is 0.0838. The van der Waals surface area contributed by atoms with Crippen LogP contribution in [0.4, 0.5) is 24.5 Å². The minimum Gasteiger partial charge on any atom is -0.398 e. The van der Waals surface area contributed by atoms with Gasteiger partial charge in [-0.15, -0.1) is 0 Å². The number of amides is 1. The van der Waals surface area contributed by atoms with Crippen molar-refractivity contribution in [1.29, 1.82) is 0 Å². The van der Waals surface area contributed by atoms with Gasteiger partial charge in [0, 0.05) is 11.4 Å². The molecule has 0 aliphatic rings. The molecule has 0 aliphatic heterocycles. The molecule has 0 fully saturated rings. The molecule has 0 aliphatic carbocycles. The molecule has 0 bridgehead atoms. The smallest absolute Gasteiger partial charge is 0.398 e. The molecule has 4 nitrogen and oxygen atoms in total. The number of nitrogens with two attached hydrogens (primary N) is 1. The normalized spacial score (nSPS) is 13.3. The van der Waals surface area contributed by atoms with Crippen LogP contribution < -0.4 is 11.1 Å². The Labute approximate surface area is 122 Å². The van der Waals surface area contributed by atoms with Gasteiger partial charge in [0.15, 0.2) is 0 Å². The summed E-state index contributed by atoms with van der Waals surface area (Å²) in [6, 6.07) is 2.92. The summed E-state index contributed by atoms with van der Waals surface area (Å²) in [5, 5.41) is 2.49. The highest BCUT2D eigenvalue weighted by molar-refractivity contribution is 5.94. The van der Waals surface area contributed by atoms with E-state index >= 15 is 0 Å². The van der Waals surface area contributed by atoms with Gasteiger partial charge in [-0.1, -0.05) is 13.8 Å². The first-order valence-corrected chi connectivity index (χ1v) is 6.72. The maximum Gasteiger partial charge on any atom is 0.418 e. The van der Waals surface area contributed by atoms with Gasteiger partial charge in [0.25, 0.3) is 0 Å². The Balaban J connectivity index is 2.91. The average molecular weight is 303 g/mol. The second kappa shape index (κ2) is 6.80. The lowest BCUT2D eigenvalue weighted by atomic mass is 10.1. The Hall–Kier alpha value is -1.76. The van der Waals surface area contributed by atoms with E-state index in [2.05, 4.69) is 5.32 Å². The van der Waals surface area contributed by atoms with Crippen LogP contribution in [-0.4, -0.2) is 29.9 Å². The van der Waals surface area contributed by atoms with E-state index in [-0.39, 0.29) is 17.3 Å². The average Bonchev–Trinajstić information content (AvgIpc) is 2.40. The minimum atomic E-state index is -4.55. The topological polar surface area (TPSA) is 58.4 Å². The van der Waals surface area contributed by atoms with E-state index < -0.39 is 17.8 Å². The fraction of sp³-hybridized carbons (Fsp3) is 0.500. The van der Waals surface area contributed by atoms with E-state index in [4.69, 9.17) is 5.73 Å². The van der Waals surface area contributed by atoms with E-state index in [1.54, 1.807) is 6.92 Å². The maximum atomic E-state index is 12.8. The van der Waals surface area contributed by atoms with E-state index in [9.17, 15) is 18.0 Å². The maximum absolute atomic E-state index is 12.8. The lowest BCUT2D eigenvalue weighted by molar-refractivity contribution is -0.137. The molecule has 1 aromatic rings. The van der Waals surface area contributed by atoms with Crippen molar-refractivity contribution in [2.45, 2.75) is 33.0 Å². The summed E-state index contributed by atoms with van der Waals surface area (Å²) in [6.07, 6.45) is -4.55. The van der Waals surface area contributed by atoms with Crippen molar-refractivity contribution in [1.82, 2.24) is 4.90 Å². The van der Waals surface area contributed by atoms with Gasteiger partial charge < -0.3 is 11.1 Å². The summed E-state index contributed by atoms with van der Waals surface area (Å²) < 4.78 is 38.3. The summed E-state index contributed by atoms with van der Waals surface area (Å²) in [5.74, 6) is -0.350. The number of anilines is 2. The van der Waals surface area contributed by atoms with E-state index in [0.29, 0.717) is 13.1 Å². The summed E-state index contributed by atoms with van der Waals surface area (Å²) in [6.45, 7) is 6.90. The van der Waals surface area contributed by atoms with Gasteiger partial charge in [-0.25, -0.2) is 0 Å². The first-order chi connectivity index (χ1) is 9.70. The molecule has 1 unspecified atom stereocenters. The molecule has 1 atom stereocenters. The molecule has 0 radical (unpaired) electrons. The van der Waals surface area contributed by atoms with E-state index in [0.717, 1.165) is 12.1 Å². The Kier molecular flexibility index (Phi) is 5.60. The van der Waals surface area contributed by atoms with Crippen LogP contribution in [0, 0.1) is 0 Å². The summed E-state index contributed by atoms with van der Waals surface area (Å²) in [7, 11) is 0. The van der Waals surface area contributed by atoms with Crippen LogP contribution in [0.5, 0.6) is 0 Å². The predicted molar refractivity (Wildman–Crippen MR) is 76.9 cm³/mol. The van der Waals surface area contributed by atoms with Gasteiger partial charge in [-0.3, -0.25) is 9.69 Å².